The number of carbonyl (C=O) groups excluding carboxylic acids is 1. The lowest BCUT2D eigenvalue weighted by molar-refractivity contribution is -0.135. The number of rotatable bonds is 5. The molecule has 0 unspecified atom stereocenters. The van der Waals surface area contributed by atoms with Crippen molar-refractivity contribution in [1.29, 1.82) is 0 Å². The molecule has 0 atom stereocenters. The van der Waals surface area contributed by atoms with Gasteiger partial charge in [-0.1, -0.05) is 41.4 Å². The smallest absolute Gasteiger partial charge is 0.333 e. The summed E-state index contributed by atoms with van der Waals surface area (Å²) in [7, 11) is 0. The van der Waals surface area contributed by atoms with Gasteiger partial charge in [-0.3, -0.25) is 9.36 Å². The molecule has 1 aliphatic heterocycles. The van der Waals surface area contributed by atoms with Crippen LogP contribution in [0.25, 0.3) is 12.2 Å². The summed E-state index contributed by atoms with van der Waals surface area (Å²) in [5, 5.41) is 1.04. The van der Waals surface area contributed by atoms with Crippen LogP contribution in [0.5, 0.6) is 5.75 Å². The van der Waals surface area contributed by atoms with E-state index in [1.54, 1.807) is 31.2 Å². The molecule has 1 aliphatic rings. The van der Waals surface area contributed by atoms with Gasteiger partial charge in [-0.05, 0) is 36.8 Å². The second kappa shape index (κ2) is 9.92. The molecule has 0 fully saturated rings. The molecule has 1 aromatic heterocycles. The van der Waals surface area contributed by atoms with E-state index in [9.17, 15) is 9.59 Å². The Morgan fingerprint density at radius 1 is 1.28 bits per heavy atom. The summed E-state index contributed by atoms with van der Waals surface area (Å²) < 4.78 is 18.5. The third-order valence-electron chi connectivity index (χ3n) is 4.74. The molecular formula is C23H19Cl2NO5S. The van der Waals surface area contributed by atoms with Crippen molar-refractivity contribution in [3.63, 3.8) is 0 Å². The molecule has 2 aromatic carbocycles. The van der Waals surface area contributed by atoms with E-state index in [0.717, 1.165) is 11.1 Å². The molecule has 4 rings (SSSR count). The summed E-state index contributed by atoms with van der Waals surface area (Å²) in [5.74, 6) is 0.113. The van der Waals surface area contributed by atoms with Crippen molar-refractivity contribution in [3.8, 4) is 5.75 Å². The molecule has 166 valence electrons. The van der Waals surface area contributed by atoms with E-state index in [4.69, 9.17) is 37.4 Å². The van der Waals surface area contributed by atoms with Crippen molar-refractivity contribution >= 4 is 52.7 Å². The molecule has 0 N–H and O–H groups in total. The average molecular weight is 492 g/mol. The van der Waals surface area contributed by atoms with Crippen LogP contribution in [0.15, 0.2) is 41.2 Å². The summed E-state index contributed by atoms with van der Waals surface area (Å²) in [6, 6.07) is 10.8. The number of thiazole rings is 1. The molecule has 0 saturated heterocycles. The van der Waals surface area contributed by atoms with Gasteiger partial charge in [-0.2, -0.15) is 0 Å². The van der Waals surface area contributed by atoms with Crippen molar-refractivity contribution in [3.05, 3.63) is 82.7 Å². The number of hydrogen-bond donors (Lipinski definition) is 0. The third kappa shape index (κ3) is 4.91. The number of carbonyl (C=O) groups is 1. The van der Waals surface area contributed by atoms with E-state index in [0.29, 0.717) is 37.2 Å². The van der Waals surface area contributed by atoms with Gasteiger partial charge in [0.2, 0.25) is 0 Å². The normalized spacial score (nSPS) is 14.2. The number of ether oxygens (including phenoxy) is 3. The first kappa shape index (κ1) is 22.6. The molecule has 0 aliphatic carbocycles. The van der Waals surface area contributed by atoms with E-state index < -0.39 is 5.97 Å². The van der Waals surface area contributed by atoms with E-state index in [1.165, 1.54) is 22.0 Å². The summed E-state index contributed by atoms with van der Waals surface area (Å²) in [4.78, 5) is 25.5. The van der Waals surface area contributed by atoms with E-state index in [1.807, 2.05) is 18.2 Å². The Bertz CT molecular complexity index is 1350. The number of esters is 1. The molecule has 3 aromatic rings. The molecule has 6 nitrogen and oxygen atoms in total. The van der Waals surface area contributed by atoms with Crippen LogP contribution >= 0.6 is 34.5 Å². The minimum absolute atomic E-state index is 0.119. The van der Waals surface area contributed by atoms with E-state index in [2.05, 4.69) is 0 Å². The fourth-order valence-corrected chi connectivity index (χ4v) is 4.83. The van der Waals surface area contributed by atoms with Crippen LogP contribution in [0, 0.1) is 0 Å². The molecule has 2 heterocycles. The Morgan fingerprint density at radius 2 is 2.09 bits per heavy atom. The van der Waals surface area contributed by atoms with Gasteiger partial charge >= 0.3 is 5.97 Å². The highest BCUT2D eigenvalue weighted by molar-refractivity contribution is 7.07. The van der Waals surface area contributed by atoms with Crippen molar-refractivity contribution in [2.75, 3.05) is 13.4 Å². The van der Waals surface area contributed by atoms with Crippen molar-refractivity contribution < 1.29 is 19.0 Å². The van der Waals surface area contributed by atoms with Gasteiger partial charge in [0.15, 0.2) is 6.79 Å². The minimum Gasteiger partial charge on any atom is -0.467 e. The molecule has 32 heavy (non-hydrogen) atoms. The molecule has 0 amide bonds. The SMILES string of the molecule is CCOC(=O)/C=c1\s/c(=C\c2ccccc2Cl)c(=O)n1Cc1cc(Cl)cc2c1OCOC2. The third-order valence-corrected chi connectivity index (χ3v) is 6.36. The lowest BCUT2D eigenvalue weighted by Crippen LogP contribution is -2.32. The topological polar surface area (TPSA) is 66.8 Å². The van der Waals surface area contributed by atoms with Crippen molar-refractivity contribution in [2.45, 2.75) is 20.1 Å². The molecule has 9 heteroatoms. The van der Waals surface area contributed by atoms with Gasteiger partial charge < -0.3 is 14.2 Å². The minimum atomic E-state index is -0.524. The fourth-order valence-electron chi connectivity index (χ4n) is 3.36. The van der Waals surface area contributed by atoms with Crippen LogP contribution in [0.1, 0.15) is 23.6 Å². The Hall–Kier alpha value is -2.58. The zero-order valence-corrected chi connectivity index (χ0v) is 19.4. The zero-order valence-electron chi connectivity index (χ0n) is 17.1. The number of aromatic nitrogens is 1. The van der Waals surface area contributed by atoms with E-state index >= 15 is 0 Å². The largest absolute Gasteiger partial charge is 0.467 e. The Labute approximate surface area is 197 Å². The lowest BCUT2D eigenvalue weighted by Gasteiger charge is -2.21. The first-order valence-electron chi connectivity index (χ1n) is 9.82. The molecular weight excluding hydrogens is 473 g/mol. The molecule has 0 bridgehead atoms. The highest BCUT2D eigenvalue weighted by Gasteiger charge is 2.18. The van der Waals surface area contributed by atoms with Gasteiger partial charge in [0, 0.05) is 21.2 Å². The maximum atomic E-state index is 13.3. The maximum Gasteiger partial charge on any atom is 0.333 e. The predicted octanol–water partition coefficient (Wildman–Crippen LogP) is 3.30. The summed E-state index contributed by atoms with van der Waals surface area (Å²) >= 11 is 13.7. The number of benzene rings is 2. The van der Waals surface area contributed by atoms with Gasteiger partial charge in [-0.25, -0.2) is 4.79 Å². The first-order chi connectivity index (χ1) is 15.5. The number of hydrogen-bond acceptors (Lipinski definition) is 6. The predicted molar refractivity (Wildman–Crippen MR) is 125 cm³/mol. The van der Waals surface area contributed by atoms with Gasteiger partial charge in [0.25, 0.3) is 5.56 Å². The van der Waals surface area contributed by atoms with Crippen molar-refractivity contribution in [2.24, 2.45) is 0 Å². The summed E-state index contributed by atoms with van der Waals surface area (Å²) in [6.45, 7) is 2.61. The second-order valence-electron chi connectivity index (χ2n) is 6.92. The van der Waals surface area contributed by atoms with Crippen molar-refractivity contribution in [1.82, 2.24) is 4.57 Å². The Balaban J connectivity index is 1.87. The van der Waals surface area contributed by atoms with Gasteiger partial charge in [0.1, 0.15) is 10.4 Å². The monoisotopic (exact) mass is 491 g/mol. The summed E-state index contributed by atoms with van der Waals surface area (Å²) in [6.07, 6.45) is 3.03. The van der Waals surface area contributed by atoms with Crippen LogP contribution in [0.2, 0.25) is 10.0 Å². The summed E-state index contributed by atoms with van der Waals surface area (Å²) in [5.41, 5.74) is 1.98. The zero-order chi connectivity index (χ0) is 22.7. The molecule has 0 radical (unpaired) electrons. The van der Waals surface area contributed by atoms with Crippen LogP contribution in [0.4, 0.5) is 0 Å². The van der Waals surface area contributed by atoms with E-state index in [-0.39, 0.29) is 25.5 Å². The second-order valence-corrected chi connectivity index (χ2v) is 8.83. The number of fused-ring (bicyclic) bond motifs is 1. The number of nitrogens with zero attached hydrogens (tertiary/aromatic N) is 1. The highest BCUT2D eigenvalue weighted by atomic mass is 35.5. The quantitative estimate of drug-likeness (QED) is 0.512. The molecule has 0 spiro atoms. The van der Waals surface area contributed by atoms with Gasteiger partial charge in [-0.15, -0.1) is 11.3 Å². The molecule has 0 saturated carbocycles. The Morgan fingerprint density at radius 3 is 2.88 bits per heavy atom. The average Bonchev–Trinajstić information content (AvgIpc) is 3.04. The fraction of sp³-hybridized carbons (Fsp3) is 0.217. The maximum absolute atomic E-state index is 13.3. The van der Waals surface area contributed by atoms with Crippen LogP contribution in [-0.4, -0.2) is 23.9 Å². The lowest BCUT2D eigenvalue weighted by atomic mass is 10.1. The standard InChI is InChI=1S/C23H19Cl2NO5S/c1-2-30-21(27)10-20-26(11-15-7-17(24)8-16-12-29-13-31-22(15)16)23(28)19(32-20)9-14-5-3-4-6-18(14)25/h3-10H,2,11-13H2,1H3/b19-9-,20-10-. The van der Waals surface area contributed by atoms with Gasteiger partial charge in [0.05, 0.1) is 30.4 Å². The van der Waals surface area contributed by atoms with Crippen LogP contribution in [-0.2, 0) is 27.4 Å². The number of halogens is 2. The first-order valence-corrected chi connectivity index (χ1v) is 11.4. The van der Waals surface area contributed by atoms with Crippen LogP contribution < -0.4 is 19.5 Å². The van der Waals surface area contributed by atoms with Crippen LogP contribution in [0.3, 0.4) is 0 Å². The highest BCUT2D eigenvalue weighted by Crippen LogP contribution is 2.31. The Kier molecular flexibility index (Phi) is 7.01.